The van der Waals surface area contributed by atoms with E-state index in [2.05, 4.69) is 4.99 Å². The summed E-state index contributed by atoms with van der Waals surface area (Å²) in [5.41, 5.74) is 0.577. The molecule has 1 heterocycles. The maximum absolute atomic E-state index is 11.7. The smallest absolute Gasteiger partial charge is 0.238 e. The fourth-order valence-electron chi connectivity index (χ4n) is 2.36. The second kappa shape index (κ2) is 5.28. The number of thioether (sulfide) groups is 1. The monoisotopic (exact) mass is 329 g/mol. The first-order valence-corrected chi connectivity index (χ1v) is 8.84. The molecule has 0 saturated carbocycles. The molecule has 21 heavy (non-hydrogen) atoms. The van der Waals surface area contributed by atoms with Crippen molar-refractivity contribution in [3.05, 3.63) is 28.8 Å². The van der Waals surface area contributed by atoms with E-state index in [1.54, 1.807) is 38.9 Å². The van der Waals surface area contributed by atoms with Crippen LogP contribution in [0.5, 0.6) is 0 Å². The highest BCUT2D eigenvalue weighted by atomic mass is 32.2. The van der Waals surface area contributed by atoms with E-state index in [-0.39, 0.29) is 4.90 Å². The molecule has 0 amide bonds. The third-order valence-corrected chi connectivity index (χ3v) is 6.12. The van der Waals surface area contributed by atoms with Crippen LogP contribution < -0.4 is 5.14 Å². The number of rotatable bonds is 2. The molecule has 2 rings (SSSR count). The maximum atomic E-state index is 11.7. The van der Waals surface area contributed by atoms with Crippen LogP contribution in [0.15, 0.2) is 22.0 Å². The minimum Gasteiger partial charge on any atom is -0.366 e. The molecule has 6 nitrogen and oxygen atoms in total. The van der Waals surface area contributed by atoms with Crippen LogP contribution in [0.3, 0.4) is 0 Å². The first kappa shape index (κ1) is 16.3. The zero-order valence-corrected chi connectivity index (χ0v) is 14.0. The third-order valence-electron chi connectivity index (χ3n) is 3.82. The van der Waals surface area contributed by atoms with Gasteiger partial charge < -0.3 is 10.0 Å². The molecule has 0 bridgehead atoms. The van der Waals surface area contributed by atoms with Crippen LogP contribution in [0.4, 0.5) is 0 Å². The summed E-state index contributed by atoms with van der Waals surface area (Å²) in [6, 6.07) is 3.24. The van der Waals surface area contributed by atoms with Gasteiger partial charge in [-0.3, -0.25) is 4.99 Å². The van der Waals surface area contributed by atoms with E-state index < -0.39 is 15.7 Å². The van der Waals surface area contributed by atoms with Gasteiger partial charge in [0.05, 0.1) is 10.6 Å². The van der Waals surface area contributed by atoms with Gasteiger partial charge in [-0.2, -0.15) is 0 Å². The van der Waals surface area contributed by atoms with Crippen molar-refractivity contribution in [1.29, 1.82) is 0 Å². The molecule has 1 atom stereocenters. The molecule has 0 aromatic heterocycles. The van der Waals surface area contributed by atoms with Crippen molar-refractivity contribution in [1.82, 2.24) is 4.90 Å². The quantitative estimate of drug-likeness (QED) is 0.835. The highest BCUT2D eigenvalue weighted by Gasteiger charge is 2.43. The number of hydrogen-bond acceptors (Lipinski definition) is 5. The molecule has 1 aromatic rings. The lowest BCUT2D eigenvalue weighted by molar-refractivity contribution is -0.0350. The van der Waals surface area contributed by atoms with Crippen LogP contribution in [-0.2, 0) is 15.7 Å². The van der Waals surface area contributed by atoms with Crippen LogP contribution >= 0.6 is 11.8 Å². The molecular formula is C13H19N3O3S2. The van der Waals surface area contributed by atoms with Crippen LogP contribution in [-0.4, -0.2) is 43.4 Å². The lowest BCUT2D eigenvalue weighted by Gasteiger charge is -2.32. The van der Waals surface area contributed by atoms with Gasteiger partial charge in [-0.1, -0.05) is 17.8 Å². The Hall–Kier alpha value is -1.09. The van der Waals surface area contributed by atoms with Crippen molar-refractivity contribution < 1.29 is 13.5 Å². The summed E-state index contributed by atoms with van der Waals surface area (Å²) in [5, 5.41) is 16.9. The van der Waals surface area contributed by atoms with Gasteiger partial charge in [0.2, 0.25) is 10.0 Å². The Kier molecular flexibility index (Phi) is 4.09. The van der Waals surface area contributed by atoms with Gasteiger partial charge in [0.1, 0.15) is 0 Å². The molecule has 1 saturated heterocycles. The number of aliphatic hydroxyl groups is 1. The Morgan fingerprint density at radius 2 is 2.05 bits per heavy atom. The molecule has 3 N–H and O–H groups in total. The van der Waals surface area contributed by atoms with E-state index >= 15 is 0 Å². The minimum atomic E-state index is -3.84. The number of sulfonamides is 1. The second-order valence-electron chi connectivity index (χ2n) is 5.13. The molecule has 0 radical (unpaired) electrons. The van der Waals surface area contributed by atoms with Gasteiger partial charge in [0.15, 0.2) is 10.9 Å². The largest absolute Gasteiger partial charge is 0.366 e. The number of nitrogens with two attached hydrogens (primary N) is 1. The van der Waals surface area contributed by atoms with Crippen molar-refractivity contribution in [2.45, 2.75) is 24.5 Å². The maximum Gasteiger partial charge on any atom is 0.238 e. The molecule has 1 aliphatic rings. The summed E-state index contributed by atoms with van der Waals surface area (Å²) < 4.78 is 23.5. The molecule has 1 fully saturated rings. The predicted octanol–water partition coefficient (Wildman–Crippen LogP) is 0.760. The van der Waals surface area contributed by atoms with Crippen molar-refractivity contribution in [2.75, 3.05) is 19.8 Å². The zero-order chi connectivity index (χ0) is 16.0. The van der Waals surface area contributed by atoms with Gasteiger partial charge in [-0.25, -0.2) is 13.6 Å². The fourth-order valence-corrected chi connectivity index (χ4v) is 4.41. The average Bonchev–Trinajstić information content (AvgIpc) is 2.68. The Balaban J connectivity index is 2.64. The summed E-state index contributed by atoms with van der Waals surface area (Å²) in [6.07, 6.45) is 0. The highest BCUT2D eigenvalue weighted by molar-refractivity contribution is 8.14. The molecule has 1 unspecified atom stereocenters. The summed E-state index contributed by atoms with van der Waals surface area (Å²) in [4.78, 5) is 5.80. The lowest BCUT2D eigenvalue weighted by Crippen LogP contribution is -2.42. The average molecular weight is 329 g/mol. The van der Waals surface area contributed by atoms with Gasteiger partial charge in [-0.05, 0) is 31.0 Å². The molecule has 1 aliphatic heterocycles. The fraction of sp³-hybridized carbons (Fsp3) is 0.462. The topological polar surface area (TPSA) is 96.0 Å². The van der Waals surface area contributed by atoms with E-state index in [0.29, 0.717) is 22.0 Å². The molecule has 8 heteroatoms. The number of hydrogen-bond donors (Lipinski definition) is 2. The summed E-state index contributed by atoms with van der Waals surface area (Å²) in [7, 11) is -0.454. The first-order chi connectivity index (χ1) is 9.61. The lowest BCUT2D eigenvalue weighted by atomic mass is 9.98. The van der Waals surface area contributed by atoms with Gasteiger partial charge in [0.25, 0.3) is 0 Å². The van der Waals surface area contributed by atoms with E-state index in [4.69, 9.17) is 5.14 Å². The molecule has 116 valence electrons. The van der Waals surface area contributed by atoms with Crippen molar-refractivity contribution in [3.8, 4) is 0 Å². The highest BCUT2D eigenvalue weighted by Crippen LogP contribution is 2.39. The third kappa shape index (κ3) is 2.68. The van der Waals surface area contributed by atoms with E-state index in [0.717, 1.165) is 5.56 Å². The Morgan fingerprint density at radius 1 is 1.43 bits per heavy atom. The summed E-state index contributed by atoms with van der Waals surface area (Å²) in [5.74, 6) is 0.378. The van der Waals surface area contributed by atoms with E-state index in [1.165, 1.54) is 17.8 Å². The normalized spacial score (nSPS) is 24.9. The molecule has 0 spiro atoms. The number of aryl methyl sites for hydroxylation is 1. The number of aliphatic imine (C=N–C) groups is 1. The van der Waals surface area contributed by atoms with Gasteiger partial charge in [0, 0.05) is 19.7 Å². The number of primary sulfonamides is 1. The van der Waals surface area contributed by atoms with Crippen LogP contribution in [0, 0.1) is 13.8 Å². The molecule has 0 aliphatic carbocycles. The van der Waals surface area contributed by atoms with Crippen LogP contribution in [0.1, 0.15) is 16.7 Å². The van der Waals surface area contributed by atoms with E-state index in [9.17, 15) is 13.5 Å². The second-order valence-corrected chi connectivity index (χ2v) is 7.60. The predicted molar refractivity (Wildman–Crippen MR) is 84.8 cm³/mol. The van der Waals surface area contributed by atoms with Gasteiger partial charge >= 0.3 is 0 Å². The van der Waals surface area contributed by atoms with E-state index in [1.807, 2.05) is 0 Å². The number of benzene rings is 1. The Morgan fingerprint density at radius 3 is 2.52 bits per heavy atom. The first-order valence-electron chi connectivity index (χ1n) is 6.31. The minimum absolute atomic E-state index is 0.0474. The molecular weight excluding hydrogens is 310 g/mol. The van der Waals surface area contributed by atoms with Gasteiger partial charge in [-0.15, -0.1) is 0 Å². The molecule has 1 aromatic carbocycles. The van der Waals surface area contributed by atoms with Crippen LogP contribution in [0.25, 0.3) is 0 Å². The Labute approximate surface area is 129 Å². The number of amidine groups is 1. The SMILES string of the molecule is C/N=C1\SCC(O)(c2cc(C)c(C)c(S(N)(=O)=O)c2)N1C. The standard InChI is InChI=1S/C13H19N3O3S2/c1-8-5-10(6-11(9(8)2)21(14,18)19)13(17)7-20-12(15-3)16(13)4/h5-6,17H,7H2,1-4H3,(H2,14,18,19)/b15-12-. The van der Waals surface area contributed by atoms with Crippen molar-refractivity contribution >= 4 is 27.0 Å². The van der Waals surface area contributed by atoms with Crippen LogP contribution in [0.2, 0.25) is 0 Å². The Bertz CT molecular complexity index is 716. The van der Waals surface area contributed by atoms with Crippen molar-refractivity contribution in [2.24, 2.45) is 10.1 Å². The van der Waals surface area contributed by atoms with Crippen molar-refractivity contribution in [3.63, 3.8) is 0 Å². The zero-order valence-electron chi connectivity index (χ0n) is 12.4. The summed E-state index contributed by atoms with van der Waals surface area (Å²) in [6.45, 7) is 3.50. The summed E-state index contributed by atoms with van der Waals surface area (Å²) >= 11 is 1.42. The number of nitrogens with zero attached hydrogens (tertiary/aromatic N) is 2.